The lowest BCUT2D eigenvalue weighted by Crippen LogP contribution is -2.37. The number of hydrogen-bond acceptors (Lipinski definition) is 4. The lowest BCUT2D eigenvalue weighted by Gasteiger charge is -2.30. The minimum Gasteiger partial charge on any atom is -0.507 e. The van der Waals surface area contributed by atoms with E-state index in [9.17, 15) is 14.7 Å². The number of amides is 1. The smallest absolute Gasteiger partial charge is 0.295 e. The second-order valence-electron chi connectivity index (χ2n) is 8.16. The first kappa shape index (κ1) is 19.4. The van der Waals surface area contributed by atoms with Crippen LogP contribution in [-0.4, -0.2) is 39.8 Å². The summed E-state index contributed by atoms with van der Waals surface area (Å²) in [6.07, 6.45) is 5.66. The summed E-state index contributed by atoms with van der Waals surface area (Å²) in [5.41, 5.74) is 2.39. The molecule has 6 heteroatoms. The molecule has 1 amide bonds. The molecular weight excluding hydrogens is 392 g/mol. The zero-order valence-electron chi connectivity index (χ0n) is 17.3. The van der Waals surface area contributed by atoms with E-state index in [1.807, 2.05) is 30.5 Å². The number of Topliss-reactive ketones (excluding diaryl/α,β-unsaturated/α-hetero) is 1. The van der Waals surface area contributed by atoms with Crippen LogP contribution in [0.15, 0.2) is 60.3 Å². The number of fused-ring (bicyclic) bond motifs is 1. The Hall–Kier alpha value is -3.54. The first-order valence-corrected chi connectivity index (χ1v) is 10.6. The predicted molar refractivity (Wildman–Crippen MR) is 118 cm³/mol. The van der Waals surface area contributed by atoms with Gasteiger partial charge in [-0.15, -0.1) is 0 Å². The highest BCUT2D eigenvalue weighted by Crippen LogP contribution is 2.45. The third-order valence-electron chi connectivity index (χ3n) is 6.48. The van der Waals surface area contributed by atoms with E-state index in [1.54, 1.807) is 36.3 Å². The van der Waals surface area contributed by atoms with E-state index >= 15 is 0 Å². The minimum absolute atomic E-state index is 0.00344. The molecule has 6 nitrogen and oxygen atoms in total. The Kier molecular flexibility index (Phi) is 4.77. The van der Waals surface area contributed by atoms with Gasteiger partial charge in [-0.25, -0.2) is 0 Å². The molecule has 0 spiro atoms. The summed E-state index contributed by atoms with van der Waals surface area (Å²) in [6, 6.07) is 14.0. The number of nitrogens with zero attached hydrogens (tertiary/aromatic N) is 1. The van der Waals surface area contributed by atoms with Crippen LogP contribution in [0.1, 0.15) is 42.9 Å². The molecule has 0 bridgehead atoms. The average molecular weight is 416 g/mol. The molecule has 1 unspecified atom stereocenters. The molecule has 158 valence electrons. The van der Waals surface area contributed by atoms with Crippen LogP contribution >= 0.6 is 0 Å². The maximum atomic E-state index is 13.2. The van der Waals surface area contributed by atoms with Gasteiger partial charge in [0.1, 0.15) is 11.5 Å². The number of likely N-dealkylation sites (tertiary alicyclic amines) is 1. The highest BCUT2D eigenvalue weighted by atomic mass is 16.5. The molecule has 2 N–H and O–H groups in total. The number of carbonyl (C=O) groups is 2. The van der Waals surface area contributed by atoms with Gasteiger partial charge in [-0.1, -0.05) is 31.0 Å². The number of aliphatic hydroxyl groups excluding tert-OH is 1. The first-order chi connectivity index (χ1) is 15.1. The fourth-order valence-corrected chi connectivity index (χ4v) is 4.94. The van der Waals surface area contributed by atoms with Crippen LogP contribution in [0.25, 0.3) is 16.7 Å². The van der Waals surface area contributed by atoms with Crippen LogP contribution in [0.4, 0.5) is 0 Å². The second-order valence-corrected chi connectivity index (χ2v) is 8.16. The number of ketones is 1. The van der Waals surface area contributed by atoms with Crippen LogP contribution in [0.3, 0.4) is 0 Å². The van der Waals surface area contributed by atoms with Crippen molar-refractivity contribution in [1.82, 2.24) is 9.88 Å². The number of aliphatic hydroxyl groups is 1. The molecule has 1 saturated carbocycles. The molecular formula is C25H24N2O4. The van der Waals surface area contributed by atoms with Crippen molar-refractivity contribution in [3.05, 3.63) is 71.4 Å². The molecule has 2 aromatic carbocycles. The fourth-order valence-electron chi connectivity index (χ4n) is 4.94. The number of ether oxygens (including phenoxy) is 1. The largest absolute Gasteiger partial charge is 0.507 e. The number of H-pyrrole nitrogens is 1. The van der Waals surface area contributed by atoms with Gasteiger partial charge in [-0.3, -0.25) is 9.59 Å². The van der Waals surface area contributed by atoms with Crippen LogP contribution in [0, 0.1) is 0 Å². The first-order valence-electron chi connectivity index (χ1n) is 10.6. The standard InChI is InChI=1S/C25H24N2O4/c1-31-17-12-10-15(11-13-17)23(28)21-22(19-14-26-20-9-5-4-8-18(19)20)27(25(30)24(21)29)16-6-2-3-7-16/h4-5,8-14,16,22,26,28H,2-3,6-7H2,1H3/b23-21+. The van der Waals surface area contributed by atoms with Crippen molar-refractivity contribution in [2.75, 3.05) is 7.11 Å². The Morgan fingerprint density at radius 1 is 1.06 bits per heavy atom. The minimum atomic E-state index is -0.629. The Morgan fingerprint density at radius 3 is 2.48 bits per heavy atom. The summed E-state index contributed by atoms with van der Waals surface area (Å²) in [7, 11) is 1.57. The molecule has 1 aromatic heterocycles. The van der Waals surface area contributed by atoms with Crippen molar-refractivity contribution < 1.29 is 19.4 Å². The van der Waals surface area contributed by atoms with E-state index in [0.29, 0.717) is 11.3 Å². The number of aromatic amines is 1. The zero-order valence-corrected chi connectivity index (χ0v) is 17.3. The molecule has 1 atom stereocenters. The summed E-state index contributed by atoms with van der Waals surface area (Å²) < 4.78 is 5.19. The third-order valence-corrected chi connectivity index (χ3v) is 6.48. The third kappa shape index (κ3) is 3.10. The highest BCUT2D eigenvalue weighted by molar-refractivity contribution is 6.46. The van der Waals surface area contributed by atoms with Crippen LogP contribution < -0.4 is 4.74 Å². The monoisotopic (exact) mass is 416 g/mol. The van der Waals surface area contributed by atoms with Gasteiger partial charge in [0.25, 0.3) is 11.7 Å². The van der Waals surface area contributed by atoms with E-state index < -0.39 is 17.7 Å². The Morgan fingerprint density at radius 2 is 1.77 bits per heavy atom. The molecule has 5 rings (SSSR count). The Labute approximate surface area is 180 Å². The quantitative estimate of drug-likeness (QED) is 0.372. The molecule has 1 saturated heterocycles. The maximum Gasteiger partial charge on any atom is 0.295 e. The molecule has 31 heavy (non-hydrogen) atoms. The van der Waals surface area contributed by atoms with Gasteiger partial charge in [0.15, 0.2) is 0 Å². The number of rotatable bonds is 4. The highest BCUT2D eigenvalue weighted by Gasteiger charge is 2.49. The van der Waals surface area contributed by atoms with Crippen molar-refractivity contribution in [2.24, 2.45) is 0 Å². The van der Waals surface area contributed by atoms with E-state index in [1.165, 1.54) is 0 Å². The van der Waals surface area contributed by atoms with Crippen LogP contribution in [0.5, 0.6) is 5.75 Å². The summed E-state index contributed by atoms with van der Waals surface area (Å²) in [5.74, 6) is -0.666. The number of benzene rings is 2. The molecule has 2 fully saturated rings. The fraction of sp³-hybridized carbons (Fsp3) is 0.280. The number of methoxy groups -OCH3 is 1. The van der Waals surface area contributed by atoms with Crippen molar-refractivity contribution >= 4 is 28.4 Å². The number of hydrogen-bond donors (Lipinski definition) is 2. The summed E-state index contributed by atoms with van der Waals surface area (Å²) in [5, 5.41) is 12.1. The van der Waals surface area contributed by atoms with E-state index in [4.69, 9.17) is 4.74 Å². The number of para-hydroxylation sites is 1. The van der Waals surface area contributed by atoms with Gasteiger partial charge in [0, 0.05) is 34.3 Å². The van der Waals surface area contributed by atoms with Crippen molar-refractivity contribution in [2.45, 2.75) is 37.8 Å². The summed E-state index contributed by atoms with van der Waals surface area (Å²) >= 11 is 0. The van der Waals surface area contributed by atoms with E-state index in [0.717, 1.165) is 42.1 Å². The average Bonchev–Trinajstić information content (AvgIpc) is 3.52. The van der Waals surface area contributed by atoms with Gasteiger partial charge in [-0.2, -0.15) is 0 Å². The molecule has 3 aromatic rings. The van der Waals surface area contributed by atoms with Crippen molar-refractivity contribution in [1.29, 1.82) is 0 Å². The van der Waals surface area contributed by atoms with Crippen molar-refractivity contribution in [3.63, 3.8) is 0 Å². The number of carbonyl (C=O) groups excluding carboxylic acids is 2. The Balaban J connectivity index is 1.71. The van der Waals surface area contributed by atoms with Crippen LogP contribution in [0.2, 0.25) is 0 Å². The summed E-state index contributed by atoms with van der Waals surface area (Å²) in [6.45, 7) is 0. The molecule has 1 aliphatic heterocycles. The maximum absolute atomic E-state index is 13.2. The topological polar surface area (TPSA) is 82.6 Å². The lowest BCUT2D eigenvalue weighted by atomic mass is 9.94. The summed E-state index contributed by atoms with van der Waals surface area (Å²) in [4.78, 5) is 31.3. The van der Waals surface area contributed by atoms with Crippen LogP contribution in [-0.2, 0) is 9.59 Å². The normalized spacial score (nSPS) is 21.3. The number of nitrogens with one attached hydrogen (secondary N) is 1. The molecule has 2 heterocycles. The zero-order chi connectivity index (χ0) is 21.5. The molecule has 2 aliphatic rings. The molecule has 1 aliphatic carbocycles. The predicted octanol–water partition coefficient (Wildman–Crippen LogP) is 4.54. The van der Waals surface area contributed by atoms with E-state index in [2.05, 4.69) is 4.98 Å². The van der Waals surface area contributed by atoms with Gasteiger partial charge < -0.3 is 19.7 Å². The van der Waals surface area contributed by atoms with Gasteiger partial charge >= 0.3 is 0 Å². The SMILES string of the molecule is COc1ccc(/C(O)=C2\C(=O)C(=O)N(C3CCCC3)C2c2c[nH]c3ccccc23)cc1. The lowest BCUT2D eigenvalue weighted by molar-refractivity contribution is -0.141. The van der Waals surface area contributed by atoms with Gasteiger partial charge in [-0.05, 0) is 43.2 Å². The molecule has 0 radical (unpaired) electrons. The number of aromatic nitrogens is 1. The van der Waals surface area contributed by atoms with Gasteiger partial charge in [0.2, 0.25) is 0 Å². The van der Waals surface area contributed by atoms with Crippen molar-refractivity contribution in [3.8, 4) is 5.75 Å². The van der Waals surface area contributed by atoms with Gasteiger partial charge in [0.05, 0.1) is 18.7 Å². The second kappa shape index (κ2) is 7.61. The van der Waals surface area contributed by atoms with E-state index in [-0.39, 0.29) is 17.4 Å². The Bertz CT molecular complexity index is 1190.